The number of aryl methyl sites for hydroxylation is 1. The number of unbranched alkanes of at least 4 members (excludes halogenated alkanes) is 2. The zero-order chi connectivity index (χ0) is 35.5. The fourth-order valence-corrected chi connectivity index (χ4v) is 5.54. The van der Waals surface area contributed by atoms with Gasteiger partial charge in [0, 0.05) is 34.9 Å². The molecule has 0 saturated heterocycles. The number of halogens is 10. The first-order chi connectivity index (χ1) is 23.3. The van der Waals surface area contributed by atoms with Gasteiger partial charge in [-0.05, 0) is 77.1 Å². The van der Waals surface area contributed by atoms with E-state index in [1.807, 2.05) is 24.3 Å². The number of ether oxygens (including phenoxy) is 1. The number of benzene rings is 5. The Bertz CT molecular complexity index is 1950. The number of alkyl halides is 2. The van der Waals surface area contributed by atoms with Crippen LogP contribution >= 0.6 is 11.6 Å². The maximum Gasteiger partial charge on any atom is 0.419 e. The van der Waals surface area contributed by atoms with E-state index in [9.17, 15) is 30.7 Å². The van der Waals surface area contributed by atoms with Crippen LogP contribution in [0.3, 0.4) is 0 Å². The molecule has 0 atom stereocenters. The molecule has 254 valence electrons. The van der Waals surface area contributed by atoms with Crippen molar-refractivity contribution in [3.63, 3.8) is 0 Å². The predicted octanol–water partition coefficient (Wildman–Crippen LogP) is 12.7. The second kappa shape index (κ2) is 14.8. The van der Waals surface area contributed by atoms with Crippen molar-refractivity contribution in [3.05, 3.63) is 142 Å². The summed E-state index contributed by atoms with van der Waals surface area (Å²) >= 11 is 6.32. The molecule has 11 heteroatoms. The zero-order valence-electron chi connectivity index (χ0n) is 25.7. The molecule has 0 aromatic heterocycles. The molecule has 5 aromatic rings. The second-order valence-electron chi connectivity index (χ2n) is 11.2. The molecule has 0 aliphatic heterocycles. The average molecular weight is 705 g/mol. The molecule has 0 amide bonds. The van der Waals surface area contributed by atoms with E-state index in [0.717, 1.165) is 37.3 Å². The second-order valence-corrected chi connectivity index (χ2v) is 11.6. The minimum Gasteiger partial charge on any atom is -0.429 e. The van der Waals surface area contributed by atoms with Crippen LogP contribution in [-0.2, 0) is 6.42 Å². The minimum absolute atomic E-state index is 0.0272. The molecule has 0 fully saturated rings. The summed E-state index contributed by atoms with van der Waals surface area (Å²) in [6, 6.07) is 16.0. The molecule has 49 heavy (non-hydrogen) atoms. The topological polar surface area (TPSA) is 9.23 Å². The molecule has 0 aliphatic carbocycles. The normalized spacial score (nSPS) is 11.8. The Morgan fingerprint density at radius 2 is 1.22 bits per heavy atom. The van der Waals surface area contributed by atoms with Crippen molar-refractivity contribution in [1.29, 1.82) is 0 Å². The van der Waals surface area contributed by atoms with Gasteiger partial charge in [0.15, 0.2) is 17.5 Å². The highest BCUT2D eigenvalue weighted by atomic mass is 35.5. The summed E-state index contributed by atoms with van der Waals surface area (Å²) < 4.78 is 133. The van der Waals surface area contributed by atoms with Crippen molar-refractivity contribution in [3.8, 4) is 39.1 Å². The van der Waals surface area contributed by atoms with Crippen LogP contribution in [0.15, 0.2) is 84.9 Å². The molecule has 1 nitrogen and oxygen atoms in total. The van der Waals surface area contributed by atoms with E-state index in [4.69, 9.17) is 11.6 Å². The molecule has 0 saturated carbocycles. The van der Waals surface area contributed by atoms with Gasteiger partial charge >= 0.3 is 6.11 Å². The van der Waals surface area contributed by atoms with Crippen molar-refractivity contribution in [2.75, 3.05) is 0 Å². The summed E-state index contributed by atoms with van der Waals surface area (Å²) in [5, 5.41) is -0.307. The van der Waals surface area contributed by atoms with Gasteiger partial charge in [-0.15, -0.1) is 0 Å². The van der Waals surface area contributed by atoms with Crippen molar-refractivity contribution in [2.45, 2.75) is 38.7 Å². The van der Waals surface area contributed by atoms with E-state index in [1.54, 1.807) is 6.07 Å². The van der Waals surface area contributed by atoms with Gasteiger partial charge < -0.3 is 4.74 Å². The first kappa shape index (κ1) is 35.6. The lowest BCUT2D eigenvalue weighted by atomic mass is 9.96. The Balaban J connectivity index is 1.36. The molecule has 0 heterocycles. The van der Waals surface area contributed by atoms with Crippen LogP contribution in [0.2, 0.25) is 5.02 Å². The van der Waals surface area contributed by atoms with Gasteiger partial charge in [-0.2, -0.15) is 8.78 Å². The average Bonchev–Trinajstić information content (AvgIpc) is 3.03. The third-order valence-corrected chi connectivity index (χ3v) is 8.00. The molecule has 5 rings (SSSR count). The Morgan fingerprint density at radius 3 is 1.82 bits per heavy atom. The van der Waals surface area contributed by atoms with E-state index in [2.05, 4.69) is 11.7 Å². The van der Waals surface area contributed by atoms with Crippen LogP contribution in [0.4, 0.5) is 39.5 Å². The number of hydrogen-bond donors (Lipinski definition) is 0. The van der Waals surface area contributed by atoms with Crippen LogP contribution in [0.1, 0.15) is 37.3 Å². The van der Waals surface area contributed by atoms with Gasteiger partial charge in [-0.3, -0.25) is 0 Å². The molecular formula is C38H26ClF9O. The van der Waals surface area contributed by atoms with Gasteiger partial charge in [-0.25, -0.2) is 30.7 Å². The van der Waals surface area contributed by atoms with Crippen LogP contribution in [0.25, 0.3) is 39.5 Å². The van der Waals surface area contributed by atoms with E-state index >= 15 is 8.78 Å². The maximum atomic E-state index is 15.4. The van der Waals surface area contributed by atoms with Gasteiger partial charge in [0.25, 0.3) is 0 Å². The summed E-state index contributed by atoms with van der Waals surface area (Å²) in [6.07, 6.45) is 0.152. The molecular weight excluding hydrogens is 679 g/mol. The third-order valence-electron chi connectivity index (χ3n) is 7.70. The van der Waals surface area contributed by atoms with Gasteiger partial charge in [0.1, 0.15) is 29.0 Å². The van der Waals surface area contributed by atoms with Gasteiger partial charge in [0.2, 0.25) is 0 Å². The Kier molecular flexibility index (Phi) is 10.8. The van der Waals surface area contributed by atoms with Crippen LogP contribution in [-0.4, -0.2) is 6.11 Å². The van der Waals surface area contributed by atoms with Crippen molar-refractivity contribution < 1.29 is 44.3 Å². The first-order valence-corrected chi connectivity index (χ1v) is 15.4. The Labute approximate surface area is 281 Å². The van der Waals surface area contributed by atoms with Gasteiger partial charge in [0.05, 0.1) is 5.02 Å². The Hall–Kier alpha value is -4.70. The van der Waals surface area contributed by atoms with Crippen molar-refractivity contribution in [2.24, 2.45) is 0 Å². The quantitative estimate of drug-likeness (QED) is 0.0755. The highest BCUT2D eigenvalue weighted by Crippen LogP contribution is 2.38. The molecule has 0 radical (unpaired) electrons. The van der Waals surface area contributed by atoms with E-state index < -0.39 is 63.7 Å². The summed E-state index contributed by atoms with van der Waals surface area (Å²) in [5.74, 6) is -11.1. The summed E-state index contributed by atoms with van der Waals surface area (Å²) in [6.45, 7) is 2.13. The number of rotatable bonds is 11. The predicted molar refractivity (Wildman–Crippen MR) is 172 cm³/mol. The monoisotopic (exact) mass is 704 g/mol. The fourth-order valence-electron chi connectivity index (χ4n) is 5.23. The molecule has 0 N–H and O–H groups in total. The van der Waals surface area contributed by atoms with E-state index in [0.29, 0.717) is 23.8 Å². The summed E-state index contributed by atoms with van der Waals surface area (Å²) in [5.41, 5.74) is 0.875. The molecule has 5 aromatic carbocycles. The Morgan fingerprint density at radius 1 is 0.633 bits per heavy atom. The van der Waals surface area contributed by atoms with Gasteiger partial charge in [-0.1, -0.05) is 67.8 Å². The summed E-state index contributed by atoms with van der Waals surface area (Å²) in [7, 11) is 0. The SMILES string of the molecule is CCCCCc1ccc(-c2ccc(-c3cc(F)c(-c4cc(F)c(/C=C/C(F)(F)Oc5cc(F)c(F)c(F)c5)c(F)c4)c(Cl)c3)c(F)c2)cc1. The largest absolute Gasteiger partial charge is 0.429 e. The first-order valence-electron chi connectivity index (χ1n) is 15.0. The van der Waals surface area contributed by atoms with E-state index in [1.165, 1.54) is 23.8 Å². The van der Waals surface area contributed by atoms with Crippen molar-refractivity contribution >= 4 is 17.7 Å². The fraction of sp³-hybridized carbons (Fsp3) is 0.158. The molecule has 0 spiro atoms. The lowest BCUT2D eigenvalue weighted by Crippen LogP contribution is -2.21. The van der Waals surface area contributed by atoms with Crippen LogP contribution < -0.4 is 4.74 Å². The lowest BCUT2D eigenvalue weighted by molar-refractivity contribution is -0.131. The minimum atomic E-state index is -4.34. The zero-order valence-corrected chi connectivity index (χ0v) is 26.4. The van der Waals surface area contributed by atoms with Crippen LogP contribution in [0.5, 0.6) is 5.75 Å². The highest BCUT2D eigenvalue weighted by molar-refractivity contribution is 6.33. The lowest BCUT2D eigenvalue weighted by Gasteiger charge is -2.15. The molecule has 0 aliphatic rings. The smallest absolute Gasteiger partial charge is 0.419 e. The summed E-state index contributed by atoms with van der Waals surface area (Å²) in [4.78, 5) is 0. The molecule has 0 bridgehead atoms. The molecule has 0 unspecified atom stereocenters. The maximum absolute atomic E-state index is 15.4. The third kappa shape index (κ3) is 8.31. The van der Waals surface area contributed by atoms with Crippen molar-refractivity contribution in [1.82, 2.24) is 0 Å². The number of hydrogen-bond acceptors (Lipinski definition) is 1. The highest BCUT2D eigenvalue weighted by Gasteiger charge is 2.29. The van der Waals surface area contributed by atoms with Crippen LogP contribution in [0, 0.1) is 40.7 Å². The van der Waals surface area contributed by atoms with E-state index in [-0.39, 0.29) is 39.9 Å². The standard InChI is InChI=1S/C38H26ClF9O/c1-2-3-4-5-21-6-8-22(9-7-21)23-10-11-27(30(40)15-23)24-14-29(39)36(33(43)16-24)25-17-31(41)28(32(42)18-25)12-13-38(47,48)49-26-19-34(44)37(46)35(45)20-26/h6-20H,2-5H2,1H3/b13-12+.